The number of aromatic nitrogens is 2. The summed E-state index contributed by atoms with van der Waals surface area (Å²) in [5, 5.41) is 3.89. The highest BCUT2D eigenvalue weighted by Crippen LogP contribution is 2.21. The predicted molar refractivity (Wildman–Crippen MR) is 108 cm³/mol. The van der Waals surface area contributed by atoms with Crippen LogP contribution in [0, 0.1) is 5.92 Å². The number of rotatable bonds is 7. The lowest BCUT2D eigenvalue weighted by Crippen LogP contribution is -2.37. The molecular weight excluding hydrogens is 388 g/mol. The Hall–Kier alpha value is -2.06. The molecule has 0 spiro atoms. The van der Waals surface area contributed by atoms with Gasteiger partial charge in [-0.1, -0.05) is 37.2 Å². The highest BCUT2D eigenvalue weighted by atomic mass is 35.5. The normalized spacial score (nSPS) is 11.0. The van der Waals surface area contributed by atoms with Crippen molar-refractivity contribution in [2.24, 2.45) is 5.92 Å². The summed E-state index contributed by atoms with van der Waals surface area (Å²) >= 11 is 7.20. The second kappa shape index (κ2) is 9.23. The van der Waals surface area contributed by atoms with E-state index in [0.29, 0.717) is 27.6 Å². The molecular formula is C18H23ClN4O3S. The first-order valence-corrected chi connectivity index (χ1v) is 9.86. The lowest BCUT2D eigenvalue weighted by Gasteiger charge is -2.17. The Morgan fingerprint density at radius 1 is 1.37 bits per heavy atom. The topological polar surface area (TPSA) is 84.3 Å². The number of amides is 2. The average molecular weight is 411 g/mol. The molecule has 0 unspecified atom stereocenters. The summed E-state index contributed by atoms with van der Waals surface area (Å²) < 4.78 is 1.58. The van der Waals surface area contributed by atoms with Crippen LogP contribution in [0.25, 0.3) is 10.9 Å². The molecule has 1 aromatic heterocycles. The van der Waals surface area contributed by atoms with Crippen LogP contribution in [0.5, 0.6) is 0 Å². The van der Waals surface area contributed by atoms with E-state index in [1.54, 1.807) is 29.8 Å². The SMILES string of the molecule is CNC(=O)CN(C)C(=O)CSc1nc2ccc(Cl)cc2c(=O)n1CC(C)C. The maximum Gasteiger partial charge on any atom is 0.262 e. The molecule has 1 heterocycles. The molecule has 0 aliphatic carbocycles. The molecule has 0 radical (unpaired) electrons. The highest BCUT2D eigenvalue weighted by Gasteiger charge is 2.17. The minimum absolute atomic E-state index is 0.0155. The largest absolute Gasteiger partial charge is 0.358 e. The van der Waals surface area contributed by atoms with E-state index in [9.17, 15) is 14.4 Å². The smallest absolute Gasteiger partial charge is 0.262 e. The number of hydrogen-bond acceptors (Lipinski definition) is 5. The first-order chi connectivity index (χ1) is 12.7. The van der Waals surface area contributed by atoms with E-state index in [4.69, 9.17) is 11.6 Å². The van der Waals surface area contributed by atoms with Crippen LogP contribution in [-0.4, -0.2) is 52.7 Å². The van der Waals surface area contributed by atoms with Crippen LogP contribution >= 0.6 is 23.4 Å². The van der Waals surface area contributed by atoms with Crippen LogP contribution in [0.4, 0.5) is 0 Å². The van der Waals surface area contributed by atoms with Crippen molar-refractivity contribution < 1.29 is 9.59 Å². The maximum absolute atomic E-state index is 12.9. The van der Waals surface area contributed by atoms with Crippen molar-refractivity contribution in [3.8, 4) is 0 Å². The quantitative estimate of drug-likeness (QED) is 0.557. The molecule has 2 amide bonds. The average Bonchev–Trinajstić information content (AvgIpc) is 2.62. The van der Waals surface area contributed by atoms with Crippen molar-refractivity contribution in [3.63, 3.8) is 0 Å². The van der Waals surface area contributed by atoms with Crippen molar-refractivity contribution >= 4 is 46.1 Å². The number of benzene rings is 1. The monoisotopic (exact) mass is 410 g/mol. The Morgan fingerprint density at radius 3 is 2.70 bits per heavy atom. The summed E-state index contributed by atoms with van der Waals surface area (Å²) in [6, 6.07) is 4.99. The van der Waals surface area contributed by atoms with Gasteiger partial charge in [0.15, 0.2) is 5.16 Å². The number of nitrogens with one attached hydrogen (secondary N) is 1. The third kappa shape index (κ3) is 5.46. The van der Waals surface area contributed by atoms with Crippen molar-refractivity contribution in [2.75, 3.05) is 26.4 Å². The van der Waals surface area contributed by atoms with Gasteiger partial charge in [0, 0.05) is 25.7 Å². The summed E-state index contributed by atoms with van der Waals surface area (Å²) in [4.78, 5) is 42.5. The lowest BCUT2D eigenvalue weighted by atomic mass is 10.2. The lowest BCUT2D eigenvalue weighted by molar-refractivity contribution is -0.132. The van der Waals surface area contributed by atoms with Gasteiger partial charge in [0.25, 0.3) is 5.56 Å². The zero-order chi connectivity index (χ0) is 20.1. The first-order valence-electron chi connectivity index (χ1n) is 8.50. The number of thioether (sulfide) groups is 1. The van der Waals surface area contributed by atoms with Crippen molar-refractivity contribution in [1.82, 2.24) is 19.8 Å². The van der Waals surface area contributed by atoms with Crippen LogP contribution < -0.4 is 10.9 Å². The standard InChI is InChI=1S/C18H23ClN4O3S/c1-11(2)8-23-17(26)13-7-12(19)5-6-14(13)21-18(23)27-10-16(25)22(4)9-15(24)20-3/h5-7,11H,8-10H2,1-4H3,(H,20,24). The fourth-order valence-electron chi connectivity index (χ4n) is 2.43. The fourth-order valence-corrected chi connectivity index (χ4v) is 3.55. The third-order valence-electron chi connectivity index (χ3n) is 3.84. The second-order valence-corrected chi connectivity index (χ2v) is 7.96. The summed E-state index contributed by atoms with van der Waals surface area (Å²) in [6.45, 7) is 4.48. The number of fused-ring (bicyclic) bond motifs is 1. The van der Waals surface area contributed by atoms with Crippen LogP contribution in [0.1, 0.15) is 13.8 Å². The minimum Gasteiger partial charge on any atom is -0.358 e. The Balaban J connectivity index is 2.30. The molecule has 0 saturated carbocycles. The molecule has 0 fully saturated rings. The number of hydrogen-bond donors (Lipinski definition) is 1. The van der Waals surface area contributed by atoms with Gasteiger partial charge in [0.2, 0.25) is 11.8 Å². The molecule has 146 valence electrons. The molecule has 0 aliphatic heterocycles. The van der Waals surface area contributed by atoms with Gasteiger partial charge in [-0.3, -0.25) is 19.0 Å². The van der Waals surface area contributed by atoms with Gasteiger partial charge in [0.1, 0.15) is 0 Å². The summed E-state index contributed by atoms with van der Waals surface area (Å²) in [5.41, 5.74) is 0.364. The van der Waals surface area contributed by atoms with E-state index in [2.05, 4.69) is 10.3 Å². The Bertz CT molecular complexity index is 913. The fraction of sp³-hybridized carbons (Fsp3) is 0.444. The molecule has 0 saturated heterocycles. The zero-order valence-corrected chi connectivity index (χ0v) is 17.4. The highest BCUT2D eigenvalue weighted by molar-refractivity contribution is 7.99. The van der Waals surface area contributed by atoms with Crippen molar-refractivity contribution in [2.45, 2.75) is 25.5 Å². The molecule has 9 heteroatoms. The number of halogens is 1. The van der Waals surface area contributed by atoms with E-state index >= 15 is 0 Å². The third-order valence-corrected chi connectivity index (χ3v) is 5.04. The number of likely N-dealkylation sites (N-methyl/N-ethyl adjacent to an activating group) is 2. The van der Waals surface area contributed by atoms with Crippen molar-refractivity contribution in [1.29, 1.82) is 0 Å². The molecule has 2 aromatic rings. The van der Waals surface area contributed by atoms with Gasteiger partial charge in [-0.15, -0.1) is 0 Å². The van der Waals surface area contributed by atoms with Gasteiger partial charge in [-0.25, -0.2) is 4.98 Å². The number of nitrogens with zero attached hydrogens (tertiary/aromatic N) is 3. The van der Waals surface area contributed by atoms with Crippen molar-refractivity contribution in [3.05, 3.63) is 33.6 Å². The number of carbonyl (C=O) groups is 2. The van der Waals surface area contributed by atoms with Gasteiger partial charge in [-0.05, 0) is 24.1 Å². The molecule has 1 N–H and O–H groups in total. The summed E-state index contributed by atoms with van der Waals surface area (Å²) in [6.07, 6.45) is 0. The van der Waals surface area contributed by atoms with E-state index in [1.165, 1.54) is 23.7 Å². The molecule has 0 bridgehead atoms. The zero-order valence-electron chi connectivity index (χ0n) is 15.8. The Morgan fingerprint density at radius 2 is 2.07 bits per heavy atom. The number of carbonyl (C=O) groups excluding carboxylic acids is 2. The Kier molecular flexibility index (Phi) is 7.26. The van der Waals surface area contributed by atoms with E-state index in [1.807, 2.05) is 13.8 Å². The predicted octanol–water partition coefficient (Wildman–Crippen LogP) is 2.00. The summed E-state index contributed by atoms with van der Waals surface area (Å²) in [5.74, 6) is -0.151. The van der Waals surface area contributed by atoms with E-state index in [-0.39, 0.29) is 35.6 Å². The van der Waals surface area contributed by atoms with Gasteiger partial charge in [-0.2, -0.15) is 0 Å². The molecule has 27 heavy (non-hydrogen) atoms. The Labute approximate surface area is 167 Å². The van der Waals surface area contributed by atoms with Crippen LogP contribution in [0.15, 0.2) is 28.2 Å². The van der Waals surface area contributed by atoms with Gasteiger partial charge >= 0.3 is 0 Å². The second-order valence-electron chi connectivity index (χ2n) is 6.58. The first kappa shape index (κ1) is 21.2. The van der Waals surface area contributed by atoms with E-state index < -0.39 is 0 Å². The maximum atomic E-state index is 12.9. The molecule has 1 aromatic carbocycles. The van der Waals surface area contributed by atoms with Crippen LogP contribution in [-0.2, 0) is 16.1 Å². The molecule has 0 atom stereocenters. The van der Waals surface area contributed by atoms with Crippen LogP contribution in [0.2, 0.25) is 5.02 Å². The molecule has 2 rings (SSSR count). The minimum atomic E-state index is -0.242. The molecule has 0 aliphatic rings. The molecule has 7 nitrogen and oxygen atoms in total. The van der Waals surface area contributed by atoms with Crippen LogP contribution in [0.3, 0.4) is 0 Å². The van der Waals surface area contributed by atoms with Gasteiger partial charge in [0.05, 0.1) is 23.2 Å². The van der Waals surface area contributed by atoms with E-state index in [0.717, 1.165) is 0 Å². The van der Waals surface area contributed by atoms with Gasteiger partial charge < -0.3 is 10.2 Å². The summed E-state index contributed by atoms with van der Waals surface area (Å²) in [7, 11) is 3.08.